The molecule has 1 aliphatic rings. The summed E-state index contributed by atoms with van der Waals surface area (Å²) in [5.41, 5.74) is 2.09. The number of amides is 2. The summed E-state index contributed by atoms with van der Waals surface area (Å²) in [5.74, 6) is 0.868. The second-order valence-corrected chi connectivity index (χ2v) is 6.31. The third-order valence-electron chi connectivity index (χ3n) is 4.47. The van der Waals surface area contributed by atoms with Gasteiger partial charge in [-0.3, -0.25) is 4.98 Å². The van der Waals surface area contributed by atoms with E-state index in [1.807, 2.05) is 47.5 Å². The molecule has 5 nitrogen and oxygen atoms in total. The lowest BCUT2D eigenvalue weighted by Crippen LogP contribution is -2.42. The van der Waals surface area contributed by atoms with Crippen LogP contribution in [0.15, 0.2) is 48.8 Å². The van der Waals surface area contributed by atoms with Crippen LogP contribution in [0, 0.1) is 0 Å². The van der Waals surface area contributed by atoms with Gasteiger partial charge in [-0.15, -0.1) is 0 Å². The van der Waals surface area contributed by atoms with Gasteiger partial charge in [0.1, 0.15) is 12.4 Å². The molecule has 1 aromatic carbocycles. The van der Waals surface area contributed by atoms with E-state index in [0.29, 0.717) is 19.7 Å². The molecule has 2 aromatic rings. The molecule has 3 rings (SSSR count). The van der Waals surface area contributed by atoms with Gasteiger partial charge in [-0.05, 0) is 24.1 Å². The van der Waals surface area contributed by atoms with Gasteiger partial charge in [0.2, 0.25) is 0 Å². The van der Waals surface area contributed by atoms with E-state index < -0.39 is 0 Å². The highest BCUT2D eigenvalue weighted by Crippen LogP contribution is 2.23. The van der Waals surface area contributed by atoms with E-state index in [4.69, 9.17) is 4.74 Å². The van der Waals surface area contributed by atoms with Gasteiger partial charge in [0, 0.05) is 18.0 Å². The first-order valence-corrected chi connectivity index (χ1v) is 8.94. The van der Waals surface area contributed by atoms with Crippen molar-refractivity contribution in [3.05, 3.63) is 59.9 Å². The molecule has 5 heteroatoms. The van der Waals surface area contributed by atoms with E-state index in [0.717, 1.165) is 36.1 Å². The summed E-state index contributed by atoms with van der Waals surface area (Å²) < 4.78 is 5.75. The number of nitrogens with zero attached hydrogens (tertiary/aromatic N) is 2. The van der Waals surface area contributed by atoms with Crippen molar-refractivity contribution in [3.8, 4) is 5.75 Å². The zero-order valence-electron chi connectivity index (χ0n) is 14.6. The summed E-state index contributed by atoms with van der Waals surface area (Å²) in [7, 11) is 0. The maximum atomic E-state index is 12.8. The first-order valence-electron chi connectivity index (χ1n) is 8.94. The highest BCUT2D eigenvalue weighted by Gasteiger charge is 2.22. The molecule has 0 aliphatic carbocycles. The molecule has 132 valence electrons. The summed E-state index contributed by atoms with van der Waals surface area (Å²) in [6, 6.07) is 11.8. The molecule has 0 fully saturated rings. The Morgan fingerprint density at radius 3 is 3.00 bits per heavy atom. The van der Waals surface area contributed by atoms with Crippen LogP contribution in [-0.4, -0.2) is 29.1 Å². The average Bonchev–Trinajstić information content (AvgIpc) is 2.88. The molecule has 2 amide bonds. The average molecular weight is 339 g/mol. The summed E-state index contributed by atoms with van der Waals surface area (Å²) in [5, 5.41) is 3.19. The Hall–Kier alpha value is -2.56. The number of benzene rings is 1. The molecule has 0 spiro atoms. The summed E-state index contributed by atoms with van der Waals surface area (Å²) in [6.45, 7) is 3.81. The third kappa shape index (κ3) is 4.50. The minimum absolute atomic E-state index is 0.0134. The first kappa shape index (κ1) is 17.3. The molecule has 1 atom stereocenters. The number of para-hydroxylation sites is 1. The number of hydrogen-bond acceptors (Lipinski definition) is 3. The number of urea groups is 1. The number of carbonyl (C=O) groups is 1. The predicted molar refractivity (Wildman–Crippen MR) is 97.4 cm³/mol. The van der Waals surface area contributed by atoms with E-state index in [1.54, 1.807) is 6.20 Å². The first-order chi connectivity index (χ1) is 12.3. The lowest BCUT2D eigenvalue weighted by atomic mass is 10.0. The van der Waals surface area contributed by atoms with E-state index in [2.05, 4.69) is 17.2 Å². The second kappa shape index (κ2) is 8.51. The zero-order chi connectivity index (χ0) is 17.5. The Morgan fingerprint density at radius 2 is 2.20 bits per heavy atom. The highest BCUT2D eigenvalue weighted by atomic mass is 16.5. The third-order valence-corrected chi connectivity index (χ3v) is 4.47. The van der Waals surface area contributed by atoms with Crippen LogP contribution >= 0.6 is 0 Å². The quantitative estimate of drug-likeness (QED) is 0.898. The summed E-state index contributed by atoms with van der Waals surface area (Å²) in [4.78, 5) is 18.9. The van der Waals surface area contributed by atoms with Crippen molar-refractivity contribution in [1.29, 1.82) is 0 Å². The number of nitrogens with one attached hydrogen (secondary N) is 1. The second-order valence-electron chi connectivity index (χ2n) is 6.31. The van der Waals surface area contributed by atoms with E-state index >= 15 is 0 Å². The van der Waals surface area contributed by atoms with E-state index in [9.17, 15) is 4.79 Å². The van der Waals surface area contributed by atoms with Crippen molar-refractivity contribution in [2.24, 2.45) is 0 Å². The monoisotopic (exact) mass is 339 g/mol. The number of unbranched alkanes of at least 4 members (excludes halogenated alkanes) is 1. The smallest absolute Gasteiger partial charge is 0.318 e. The molecule has 0 saturated heterocycles. The molecule has 0 radical (unpaired) electrons. The maximum Gasteiger partial charge on any atom is 0.318 e. The SMILES string of the molecule is CCCC[C@@H](NC(=O)N1CCOc2ccccc2C1)c1cccnc1. The number of ether oxygens (including phenoxy) is 1. The van der Waals surface area contributed by atoms with Crippen LogP contribution < -0.4 is 10.1 Å². The fourth-order valence-electron chi connectivity index (χ4n) is 3.05. The number of hydrogen-bond donors (Lipinski definition) is 1. The fourth-order valence-corrected chi connectivity index (χ4v) is 3.05. The lowest BCUT2D eigenvalue weighted by molar-refractivity contribution is 0.183. The Labute approximate surface area is 149 Å². The van der Waals surface area contributed by atoms with Crippen LogP contribution in [0.2, 0.25) is 0 Å². The standard InChI is InChI=1S/C20H25N3O2/c1-2-3-9-18(16-8-6-11-21-14-16)22-20(24)23-12-13-25-19-10-5-4-7-17(19)15-23/h4-8,10-11,14,18H,2-3,9,12-13,15H2,1H3,(H,22,24)/t18-/m1/s1. The van der Waals surface area contributed by atoms with Gasteiger partial charge in [-0.25, -0.2) is 4.79 Å². The van der Waals surface area contributed by atoms with Crippen LogP contribution in [0.4, 0.5) is 4.79 Å². The van der Waals surface area contributed by atoms with Crippen molar-refractivity contribution in [1.82, 2.24) is 15.2 Å². The molecule has 1 aliphatic heterocycles. The lowest BCUT2D eigenvalue weighted by Gasteiger charge is -2.25. The highest BCUT2D eigenvalue weighted by molar-refractivity contribution is 5.75. The van der Waals surface area contributed by atoms with Crippen LogP contribution in [0.25, 0.3) is 0 Å². The van der Waals surface area contributed by atoms with Crippen LogP contribution in [0.1, 0.15) is 43.4 Å². The van der Waals surface area contributed by atoms with Gasteiger partial charge < -0.3 is 15.0 Å². The normalized spacial score (nSPS) is 14.8. The van der Waals surface area contributed by atoms with Crippen molar-refractivity contribution in [3.63, 3.8) is 0 Å². The minimum Gasteiger partial charge on any atom is -0.491 e. The topological polar surface area (TPSA) is 54.5 Å². The molecular weight excluding hydrogens is 314 g/mol. The van der Waals surface area contributed by atoms with Crippen LogP contribution in [0.5, 0.6) is 5.75 Å². The van der Waals surface area contributed by atoms with Gasteiger partial charge in [-0.1, -0.05) is 44.0 Å². The van der Waals surface area contributed by atoms with Crippen LogP contribution in [-0.2, 0) is 6.54 Å². The van der Waals surface area contributed by atoms with E-state index in [1.165, 1.54) is 0 Å². The number of pyridine rings is 1. The zero-order valence-corrected chi connectivity index (χ0v) is 14.6. The van der Waals surface area contributed by atoms with Crippen molar-refractivity contribution >= 4 is 6.03 Å². The summed E-state index contributed by atoms with van der Waals surface area (Å²) >= 11 is 0. The molecule has 0 saturated carbocycles. The predicted octanol–water partition coefficient (Wildman–Crippen LogP) is 3.92. The number of fused-ring (bicyclic) bond motifs is 1. The van der Waals surface area contributed by atoms with Gasteiger partial charge in [0.25, 0.3) is 0 Å². The molecule has 25 heavy (non-hydrogen) atoms. The number of aromatic nitrogens is 1. The Kier molecular flexibility index (Phi) is 5.88. The largest absolute Gasteiger partial charge is 0.491 e. The van der Waals surface area contributed by atoms with Crippen molar-refractivity contribution < 1.29 is 9.53 Å². The van der Waals surface area contributed by atoms with E-state index in [-0.39, 0.29) is 12.1 Å². The van der Waals surface area contributed by atoms with Crippen LogP contribution in [0.3, 0.4) is 0 Å². The van der Waals surface area contributed by atoms with Gasteiger partial charge in [-0.2, -0.15) is 0 Å². The van der Waals surface area contributed by atoms with Gasteiger partial charge >= 0.3 is 6.03 Å². The summed E-state index contributed by atoms with van der Waals surface area (Å²) in [6.07, 6.45) is 6.66. The minimum atomic E-state index is -0.0507. The molecule has 0 unspecified atom stereocenters. The Morgan fingerprint density at radius 1 is 1.32 bits per heavy atom. The Bertz CT molecular complexity index is 690. The van der Waals surface area contributed by atoms with Gasteiger partial charge in [0.15, 0.2) is 0 Å². The molecule has 2 heterocycles. The molecule has 1 aromatic heterocycles. The number of carbonyl (C=O) groups excluding carboxylic acids is 1. The molecular formula is C20H25N3O2. The Balaban J connectivity index is 1.70. The maximum absolute atomic E-state index is 12.8. The molecule has 0 bridgehead atoms. The van der Waals surface area contributed by atoms with Crippen molar-refractivity contribution in [2.75, 3.05) is 13.2 Å². The van der Waals surface area contributed by atoms with Crippen molar-refractivity contribution in [2.45, 2.75) is 38.8 Å². The van der Waals surface area contributed by atoms with Gasteiger partial charge in [0.05, 0.1) is 19.1 Å². The molecule has 1 N–H and O–H groups in total. The number of rotatable bonds is 5. The fraction of sp³-hybridized carbons (Fsp3) is 0.400.